The van der Waals surface area contributed by atoms with Crippen LogP contribution in [0.1, 0.15) is 21.7 Å². The van der Waals surface area contributed by atoms with Gasteiger partial charge in [0.05, 0.1) is 6.26 Å². The summed E-state index contributed by atoms with van der Waals surface area (Å²) in [5.41, 5.74) is 1.52. The largest absolute Gasteiger partial charge is 0.489 e. The van der Waals surface area contributed by atoms with Gasteiger partial charge in [-0.1, -0.05) is 30.3 Å². The molecule has 0 fully saturated rings. The number of hydrogen-bond acceptors (Lipinski definition) is 3. The van der Waals surface area contributed by atoms with Gasteiger partial charge in [0.15, 0.2) is 5.76 Å². The first kappa shape index (κ1) is 16.8. The molecule has 4 nitrogen and oxygen atoms in total. The highest BCUT2D eigenvalue weighted by Crippen LogP contribution is 2.18. The zero-order chi connectivity index (χ0) is 17.6. The smallest absolute Gasteiger partial charge is 0.290 e. The number of furan rings is 1. The normalized spacial score (nSPS) is 10.5. The third kappa shape index (κ3) is 4.26. The molecular formula is C20H18FNO3. The van der Waals surface area contributed by atoms with Gasteiger partial charge in [0.2, 0.25) is 0 Å². The van der Waals surface area contributed by atoms with Gasteiger partial charge in [-0.3, -0.25) is 4.79 Å². The highest BCUT2D eigenvalue weighted by atomic mass is 19.1. The summed E-state index contributed by atoms with van der Waals surface area (Å²) in [6, 6.07) is 17.2. The van der Waals surface area contributed by atoms with E-state index < -0.39 is 0 Å². The lowest BCUT2D eigenvalue weighted by Crippen LogP contribution is -2.26. The Kier molecular flexibility index (Phi) is 5.14. The molecule has 0 radical (unpaired) electrons. The average Bonchev–Trinajstić information content (AvgIpc) is 3.10. The number of hydrogen-bond donors (Lipinski definition) is 0. The minimum Gasteiger partial charge on any atom is -0.489 e. The molecule has 0 spiro atoms. The Morgan fingerprint density at radius 3 is 2.52 bits per heavy atom. The Balaban J connectivity index is 1.66. The Morgan fingerprint density at radius 1 is 1.08 bits per heavy atom. The zero-order valence-electron chi connectivity index (χ0n) is 13.8. The summed E-state index contributed by atoms with van der Waals surface area (Å²) in [4.78, 5) is 14.1. The van der Waals surface area contributed by atoms with Crippen molar-refractivity contribution in [3.05, 3.63) is 89.6 Å². The lowest BCUT2D eigenvalue weighted by atomic mass is 10.2. The van der Waals surface area contributed by atoms with Gasteiger partial charge in [0, 0.05) is 19.2 Å². The molecule has 0 aliphatic carbocycles. The van der Waals surface area contributed by atoms with E-state index in [1.165, 1.54) is 23.3 Å². The van der Waals surface area contributed by atoms with Crippen LogP contribution in [-0.4, -0.2) is 17.9 Å². The minimum absolute atomic E-state index is 0.242. The van der Waals surface area contributed by atoms with E-state index in [1.54, 1.807) is 25.2 Å². The summed E-state index contributed by atoms with van der Waals surface area (Å²) in [5.74, 6) is 0.424. The summed E-state index contributed by atoms with van der Waals surface area (Å²) in [6.07, 6.45) is 1.47. The first-order chi connectivity index (χ1) is 12.1. The van der Waals surface area contributed by atoms with Gasteiger partial charge in [-0.25, -0.2) is 4.39 Å². The van der Waals surface area contributed by atoms with Crippen LogP contribution in [0.4, 0.5) is 4.39 Å². The van der Waals surface area contributed by atoms with Gasteiger partial charge >= 0.3 is 0 Å². The predicted octanol–water partition coefficient (Wildman–Crippen LogP) is 4.27. The molecule has 0 aliphatic rings. The molecule has 0 saturated carbocycles. The summed E-state index contributed by atoms with van der Waals surface area (Å²) in [6.45, 7) is 0.602. The van der Waals surface area contributed by atoms with Crippen molar-refractivity contribution in [2.45, 2.75) is 13.2 Å². The van der Waals surface area contributed by atoms with Gasteiger partial charge in [0.1, 0.15) is 18.2 Å². The Bertz CT molecular complexity index is 828. The standard InChI is InChI=1S/C20H18FNO3/c1-22(13-15-7-9-17(21)10-8-15)20(23)19-16(11-12-24-19)14-25-18-5-3-2-4-6-18/h2-12H,13-14H2,1H3. The Morgan fingerprint density at radius 2 is 1.80 bits per heavy atom. The average molecular weight is 339 g/mol. The lowest BCUT2D eigenvalue weighted by molar-refractivity contribution is 0.0749. The minimum atomic E-state index is -0.302. The van der Waals surface area contributed by atoms with E-state index in [2.05, 4.69) is 0 Å². The van der Waals surface area contributed by atoms with Crippen LogP contribution in [0.5, 0.6) is 5.75 Å². The fraction of sp³-hybridized carbons (Fsp3) is 0.150. The predicted molar refractivity (Wildman–Crippen MR) is 91.7 cm³/mol. The fourth-order valence-electron chi connectivity index (χ4n) is 2.42. The van der Waals surface area contributed by atoms with Crippen LogP contribution in [0.25, 0.3) is 0 Å². The van der Waals surface area contributed by atoms with E-state index in [-0.39, 0.29) is 24.1 Å². The number of amides is 1. The molecule has 0 N–H and O–H groups in total. The van der Waals surface area contributed by atoms with E-state index in [4.69, 9.17) is 9.15 Å². The molecule has 0 aliphatic heterocycles. The topological polar surface area (TPSA) is 42.7 Å². The van der Waals surface area contributed by atoms with Crippen molar-refractivity contribution in [2.75, 3.05) is 7.05 Å². The van der Waals surface area contributed by atoms with Crippen LogP contribution in [0, 0.1) is 5.82 Å². The SMILES string of the molecule is CN(Cc1ccc(F)cc1)C(=O)c1occc1COc1ccccc1. The quantitative estimate of drug-likeness (QED) is 0.673. The second kappa shape index (κ2) is 7.66. The molecular weight excluding hydrogens is 321 g/mol. The molecule has 0 atom stereocenters. The summed E-state index contributed by atoms with van der Waals surface area (Å²) in [5, 5.41) is 0. The number of carbonyl (C=O) groups is 1. The fourth-order valence-corrected chi connectivity index (χ4v) is 2.42. The number of benzene rings is 2. The van der Waals surface area contributed by atoms with Gasteiger partial charge in [-0.05, 0) is 35.9 Å². The maximum Gasteiger partial charge on any atom is 0.290 e. The van der Waals surface area contributed by atoms with Crippen molar-refractivity contribution >= 4 is 5.91 Å². The van der Waals surface area contributed by atoms with Crippen LogP contribution in [0.3, 0.4) is 0 Å². The van der Waals surface area contributed by atoms with Crippen molar-refractivity contribution < 1.29 is 18.3 Å². The number of para-hydroxylation sites is 1. The van der Waals surface area contributed by atoms with Gasteiger partial charge in [0.25, 0.3) is 5.91 Å². The van der Waals surface area contributed by atoms with Crippen LogP contribution in [0.2, 0.25) is 0 Å². The van der Waals surface area contributed by atoms with E-state index in [9.17, 15) is 9.18 Å². The van der Waals surface area contributed by atoms with E-state index in [0.717, 1.165) is 11.3 Å². The number of halogens is 1. The number of ether oxygens (including phenoxy) is 1. The second-order valence-electron chi connectivity index (χ2n) is 5.66. The van der Waals surface area contributed by atoms with Crippen molar-refractivity contribution in [3.8, 4) is 5.75 Å². The summed E-state index contributed by atoms with van der Waals surface area (Å²) < 4.78 is 24.0. The van der Waals surface area contributed by atoms with Crippen molar-refractivity contribution in [2.24, 2.45) is 0 Å². The van der Waals surface area contributed by atoms with E-state index in [1.807, 2.05) is 30.3 Å². The number of nitrogens with zero attached hydrogens (tertiary/aromatic N) is 1. The third-order valence-corrected chi connectivity index (χ3v) is 3.76. The molecule has 0 saturated heterocycles. The second-order valence-corrected chi connectivity index (χ2v) is 5.66. The molecule has 5 heteroatoms. The molecule has 1 amide bonds. The zero-order valence-corrected chi connectivity index (χ0v) is 13.8. The third-order valence-electron chi connectivity index (χ3n) is 3.76. The summed E-state index contributed by atoms with van der Waals surface area (Å²) in [7, 11) is 1.68. The molecule has 128 valence electrons. The summed E-state index contributed by atoms with van der Waals surface area (Å²) >= 11 is 0. The van der Waals surface area contributed by atoms with Crippen LogP contribution in [0.15, 0.2) is 71.3 Å². The molecule has 3 rings (SSSR count). The van der Waals surface area contributed by atoms with Gasteiger partial charge in [-0.15, -0.1) is 0 Å². The Hall–Kier alpha value is -3.08. The monoisotopic (exact) mass is 339 g/mol. The highest BCUT2D eigenvalue weighted by molar-refractivity contribution is 5.92. The molecule has 1 heterocycles. The van der Waals surface area contributed by atoms with Crippen LogP contribution < -0.4 is 4.74 Å². The molecule has 25 heavy (non-hydrogen) atoms. The number of carbonyl (C=O) groups excluding carboxylic acids is 1. The van der Waals surface area contributed by atoms with Crippen molar-refractivity contribution in [1.29, 1.82) is 0 Å². The molecule has 3 aromatic rings. The lowest BCUT2D eigenvalue weighted by Gasteiger charge is -2.17. The van der Waals surface area contributed by atoms with Crippen molar-refractivity contribution in [3.63, 3.8) is 0 Å². The van der Waals surface area contributed by atoms with Gasteiger partial charge < -0.3 is 14.1 Å². The first-order valence-corrected chi connectivity index (χ1v) is 7.87. The maximum atomic E-state index is 13.0. The Labute approximate surface area is 145 Å². The van der Waals surface area contributed by atoms with Crippen LogP contribution in [-0.2, 0) is 13.2 Å². The maximum absolute atomic E-state index is 13.0. The van der Waals surface area contributed by atoms with Gasteiger partial charge in [-0.2, -0.15) is 0 Å². The van der Waals surface area contributed by atoms with E-state index in [0.29, 0.717) is 12.1 Å². The van der Waals surface area contributed by atoms with E-state index >= 15 is 0 Å². The van der Waals surface area contributed by atoms with Crippen molar-refractivity contribution in [1.82, 2.24) is 4.90 Å². The molecule has 0 unspecified atom stereocenters. The van der Waals surface area contributed by atoms with Crippen LogP contribution >= 0.6 is 0 Å². The number of rotatable bonds is 6. The first-order valence-electron chi connectivity index (χ1n) is 7.87. The molecule has 0 bridgehead atoms. The molecule has 1 aromatic heterocycles. The molecule has 2 aromatic carbocycles. The highest BCUT2D eigenvalue weighted by Gasteiger charge is 2.20.